The van der Waals surface area contributed by atoms with Crippen LogP contribution in [0.5, 0.6) is 5.75 Å². The van der Waals surface area contributed by atoms with Gasteiger partial charge in [-0.2, -0.15) is 0 Å². The summed E-state index contributed by atoms with van der Waals surface area (Å²) in [6.07, 6.45) is 3.36. The van der Waals surface area contributed by atoms with E-state index in [0.717, 1.165) is 11.1 Å². The number of carbonyl (C=O) groups excluding carboxylic acids is 2. The number of rotatable bonds is 12. The van der Waals surface area contributed by atoms with Gasteiger partial charge in [0.25, 0.3) is 5.91 Å². The van der Waals surface area contributed by atoms with Gasteiger partial charge in [-0.25, -0.2) is 4.79 Å². The summed E-state index contributed by atoms with van der Waals surface area (Å²) in [4.78, 5) is 36.2. The molecule has 0 radical (unpaired) electrons. The fourth-order valence-electron chi connectivity index (χ4n) is 4.91. The van der Waals surface area contributed by atoms with Gasteiger partial charge in [-0.05, 0) is 79.6 Å². The third-order valence-electron chi connectivity index (χ3n) is 7.25. The van der Waals surface area contributed by atoms with Crippen molar-refractivity contribution < 1.29 is 19.1 Å². The Morgan fingerprint density at radius 1 is 1.00 bits per heavy atom. The number of carbonyl (C=O) groups is 2. The van der Waals surface area contributed by atoms with Crippen molar-refractivity contribution >= 4 is 23.4 Å². The average Bonchev–Trinajstić information content (AvgIpc) is 3.00. The van der Waals surface area contributed by atoms with Crippen molar-refractivity contribution in [1.29, 1.82) is 5.41 Å². The monoisotopic (exact) mass is 597 g/mol. The maximum Gasteiger partial charge on any atom is 0.407 e. The predicted octanol–water partition coefficient (Wildman–Crippen LogP) is 6.13. The molecule has 9 heteroatoms. The van der Waals surface area contributed by atoms with E-state index in [4.69, 9.17) is 14.9 Å². The first-order valence-corrected chi connectivity index (χ1v) is 15.1. The molecule has 232 valence electrons. The maximum atomic E-state index is 13.7. The quantitative estimate of drug-likeness (QED) is 0.192. The van der Waals surface area contributed by atoms with Gasteiger partial charge < -0.3 is 25.1 Å². The Labute approximate surface area is 260 Å². The van der Waals surface area contributed by atoms with Gasteiger partial charge in [0.05, 0.1) is 18.2 Å². The summed E-state index contributed by atoms with van der Waals surface area (Å²) in [6, 6.07) is 19.5. The number of hydrogen-bond donors (Lipinski definition) is 2. The lowest BCUT2D eigenvalue weighted by Gasteiger charge is -2.30. The number of ether oxygens (including phenoxy) is 2. The fraction of sp³-hybridized carbons (Fsp3) is 0.400. The molecule has 1 aromatic heterocycles. The molecule has 0 saturated heterocycles. The van der Waals surface area contributed by atoms with E-state index in [1.165, 1.54) is 5.56 Å². The van der Waals surface area contributed by atoms with Gasteiger partial charge in [-0.3, -0.25) is 14.8 Å². The third kappa shape index (κ3) is 8.99. The van der Waals surface area contributed by atoms with Crippen molar-refractivity contribution in [3.63, 3.8) is 0 Å². The molecule has 2 N–H and O–H groups in total. The molecule has 0 fully saturated rings. The first-order chi connectivity index (χ1) is 21.0. The molecule has 2 heterocycles. The maximum absolute atomic E-state index is 13.7. The average molecular weight is 598 g/mol. The molecule has 0 aliphatic carbocycles. The second kappa shape index (κ2) is 14.8. The zero-order chi connectivity index (χ0) is 31.7. The van der Waals surface area contributed by atoms with E-state index in [9.17, 15) is 9.59 Å². The molecule has 4 rings (SSSR count). The largest absolute Gasteiger partial charge is 0.489 e. The number of nitrogens with one attached hydrogen (secondary N) is 2. The molecular formula is C35H43N5O4. The number of amides is 2. The van der Waals surface area contributed by atoms with E-state index in [0.29, 0.717) is 62.1 Å². The second-order valence-electron chi connectivity index (χ2n) is 12.2. The Morgan fingerprint density at radius 2 is 1.66 bits per heavy atom. The highest BCUT2D eigenvalue weighted by atomic mass is 16.6. The zero-order valence-electron chi connectivity index (χ0n) is 26.3. The number of alkyl carbamates (subject to hydrolysis) is 1. The number of hydrogen-bond acceptors (Lipinski definition) is 7. The van der Waals surface area contributed by atoms with E-state index < -0.39 is 17.6 Å². The van der Waals surface area contributed by atoms with Crippen molar-refractivity contribution in [2.45, 2.75) is 65.1 Å². The van der Waals surface area contributed by atoms with Crippen LogP contribution in [0.1, 0.15) is 75.1 Å². The van der Waals surface area contributed by atoms with Crippen LogP contribution in [-0.2, 0) is 16.1 Å². The first-order valence-electron chi connectivity index (χ1n) is 15.1. The molecule has 1 aliphatic rings. The molecule has 44 heavy (non-hydrogen) atoms. The van der Waals surface area contributed by atoms with Gasteiger partial charge in [0.2, 0.25) is 0 Å². The zero-order valence-corrected chi connectivity index (χ0v) is 26.3. The van der Waals surface area contributed by atoms with Gasteiger partial charge in [-0.15, -0.1) is 0 Å². The normalized spacial score (nSPS) is 14.2. The van der Waals surface area contributed by atoms with Crippen LogP contribution in [-0.4, -0.2) is 65.1 Å². The van der Waals surface area contributed by atoms with E-state index in [2.05, 4.69) is 53.4 Å². The lowest BCUT2D eigenvalue weighted by molar-refractivity contribution is -0.124. The van der Waals surface area contributed by atoms with Crippen molar-refractivity contribution in [2.24, 2.45) is 4.99 Å². The molecule has 0 spiro atoms. The van der Waals surface area contributed by atoms with Crippen molar-refractivity contribution in [2.75, 3.05) is 26.2 Å². The topological polar surface area (TPSA) is 117 Å². The molecular weight excluding hydrogens is 554 g/mol. The minimum atomic E-state index is -0.662. The van der Waals surface area contributed by atoms with E-state index in [-0.39, 0.29) is 11.6 Å². The number of nitrogens with zero attached hydrogens (tertiary/aromatic N) is 3. The Morgan fingerprint density at radius 3 is 2.30 bits per heavy atom. The van der Waals surface area contributed by atoms with Gasteiger partial charge in [0, 0.05) is 32.0 Å². The van der Waals surface area contributed by atoms with E-state index in [1.54, 1.807) is 29.4 Å². The van der Waals surface area contributed by atoms with Crippen LogP contribution < -0.4 is 10.1 Å². The number of pyridine rings is 1. The van der Waals surface area contributed by atoms with Gasteiger partial charge in [-0.1, -0.05) is 50.2 Å². The van der Waals surface area contributed by atoms with Crippen molar-refractivity contribution in [3.05, 3.63) is 95.3 Å². The van der Waals surface area contributed by atoms with Crippen LogP contribution >= 0.6 is 0 Å². The summed E-state index contributed by atoms with van der Waals surface area (Å²) in [5.41, 5.74) is 3.85. The van der Waals surface area contributed by atoms with Gasteiger partial charge in [0.1, 0.15) is 23.7 Å². The SMILES string of the molecule is CC(C)c1ccc(COc2ccc(C(C(=N)c3ccncc3)C3=NCCN(CCCNC(=O)OC(C)(C)C)C3=O)cc2)cc1. The lowest BCUT2D eigenvalue weighted by atomic mass is 9.85. The van der Waals surface area contributed by atoms with Crippen LogP contribution in [0, 0.1) is 5.41 Å². The van der Waals surface area contributed by atoms with Crippen LogP contribution in [0.3, 0.4) is 0 Å². The molecule has 9 nitrogen and oxygen atoms in total. The summed E-state index contributed by atoms with van der Waals surface area (Å²) >= 11 is 0. The van der Waals surface area contributed by atoms with Crippen LogP contribution in [0.2, 0.25) is 0 Å². The Bertz CT molecular complexity index is 1450. The lowest BCUT2D eigenvalue weighted by Crippen LogP contribution is -2.46. The molecule has 1 aliphatic heterocycles. The summed E-state index contributed by atoms with van der Waals surface area (Å²) in [5, 5.41) is 11.9. The number of benzene rings is 2. The summed E-state index contributed by atoms with van der Waals surface area (Å²) in [5.74, 6) is 0.310. The summed E-state index contributed by atoms with van der Waals surface area (Å²) in [7, 11) is 0. The molecule has 0 saturated carbocycles. The Hall–Kier alpha value is -4.53. The first kappa shape index (κ1) is 32.4. The molecule has 0 bridgehead atoms. The predicted molar refractivity (Wildman–Crippen MR) is 173 cm³/mol. The highest BCUT2D eigenvalue weighted by Gasteiger charge is 2.34. The third-order valence-corrected chi connectivity index (χ3v) is 7.25. The second-order valence-corrected chi connectivity index (χ2v) is 12.2. The van der Waals surface area contributed by atoms with Gasteiger partial charge in [0.15, 0.2) is 0 Å². The smallest absolute Gasteiger partial charge is 0.407 e. The Kier molecular flexibility index (Phi) is 10.9. The summed E-state index contributed by atoms with van der Waals surface area (Å²) in [6.45, 7) is 12.0. The molecule has 2 aromatic carbocycles. The van der Waals surface area contributed by atoms with Crippen molar-refractivity contribution in [3.8, 4) is 5.75 Å². The molecule has 1 atom stereocenters. The van der Waals surface area contributed by atoms with Crippen molar-refractivity contribution in [1.82, 2.24) is 15.2 Å². The minimum absolute atomic E-state index is 0.206. The molecule has 2 amide bonds. The number of aliphatic imine (C=N–C) groups is 1. The van der Waals surface area contributed by atoms with Crippen LogP contribution in [0.15, 0.2) is 78.0 Å². The minimum Gasteiger partial charge on any atom is -0.489 e. The van der Waals surface area contributed by atoms with E-state index >= 15 is 0 Å². The molecule has 3 aromatic rings. The van der Waals surface area contributed by atoms with Gasteiger partial charge >= 0.3 is 6.09 Å². The fourth-order valence-corrected chi connectivity index (χ4v) is 4.91. The highest BCUT2D eigenvalue weighted by Crippen LogP contribution is 2.28. The van der Waals surface area contributed by atoms with Crippen LogP contribution in [0.25, 0.3) is 0 Å². The van der Waals surface area contributed by atoms with Crippen LogP contribution in [0.4, 0.5) is 4.79 Å². The highest BCUT2D eigenvalue weighted by molar-refractivity contribution is 6.46. The number of aromatic nitrogens is 1. The summed E-state index contributed by atoms with van der Waals surface area (Å²) < 4.78 is 11.3. The Balaban J connectivity index is 1.46. The standard InChI is InChI=1S/C35H43N5O4/c1-24(2)26-9-7-25(8-10-26)23-43-29-13-11-27(12-14-29)30(31(36)28-15-18-37-19-16-28)32-33(41)40(22-20-38-32)21-6-17-39-34(42)44-35(3,4)5/h7-16,18-19,24,30,36H,6,17,20-23H2,1-5H3,(H,39,42). The molecule has 1 unspecified atom stereocenters. The van der Waals surface area contributed by atoms with E-state index in [1.807, 2.05) is 45.0 Å².